The van der Waals surface area contributed by atoms with Crippen molar-refractivity contribution in [3.05, 3.63) is 41.0 Å². The van der Waals surface area contributed by atoms with Gasteiger partial charge in [-0.3, -0.25) is 4.79 Å². The third-order valence-corrected chi connectivity index (χ3v) is 5.77. The average molecular weight is 383 g/mol. The van der Waals surface area contributed by atoms with Gasteiger partial charge in [0.25, 0.3) is 0 Å². The number of aryl methyl sites for hydroxylation is 2. The van der Waals surface area contributed by atoms with Crippen molar-refractivity contribution in [3.8, 4) is 5.75 Å². The molecule has 2 aliphatic rings. The van der Waals surface area contributed by atoms with Crippen molar-refractivity contribution in [2.24, 2.45) is 0 Å². The number of aromatic nitrogens is 3. The molecule has 0 radical (unpaired) electrons. The molecule has 4 rings (SSSR count). The Kier molecular flexibility index (Phi) is 5.38. The first-order valence-electron chi connectivity index (χ1n) is 10.5. The van der Waals surface area contributed by atoms with E-state index in [1.807, 2.05) is 22.6 Å². The molecule has 1 saturated carbocycles. The van der Waals surface area contributed by atoms with Gasteiger partial charge in [-0.05, 0) is 63.6 Å². The minimum absolute atomic E-state index is 0.00831. The Morgan fingerprint density at radius 1 is 1.29 bits per heavy atom. The van der Waals surface area contributed by atoms with E-state index in [-0.39, 0.29) is 11.9 Å². The molecule has 1 amide bonds. The lowest BCUT2D eigenvalue weighted by Crippen LogP contribution is -2.41. The van der Waals surface area contributed by atoms with Gasteiger partial charge >= 0.3 is 0 Å². The molecule has 2 heterocycles. The lowest BCUT2D eigenvalue weighted by Gasteiger charge is -2.33. The van der Waals surface area contributed by atoms with Gasteiger partial charge in [0.05, 0.1) is 19.2 Å². The predicted octanol–water partition coefficient (Wildman–Crippen LogP) is 3.79. The highest BCUT2D eigenvalue weighted by Gasteiger charge is 2.34. The second-order valence-electron chi connectivity index (χ2n) is 7.98. The summed E-state index contributed by atoms with van der Waals surface area (Å²) in [5, 5.41) is 4.64. The largest absolute Gasteiger partial charge is 0.494 e. The van der Waals surface area contributed by atoms with E-state index >= 15 is 0 Å². The molecule has 1 aliphatic heterocycles. The molecule has 0 unspecified atom stereocenters. The van der Waals surface area contributed by atoms with Crippen LogP contribution in [0, 0.1) is 6.92 Å². The number of amides is 1. The highest BCUT2D eigenvalue weighted by atomic mass is 16.5. The summed E-state index contributed by atoms with van der Waals surface area (Å²) in [4.78, 5) is 19.5. The predicted molar refractivity (Wildman–Crippen MR) is 107 cm³/mol. The maximum atomic E-state index is 12.8. The molecular weight excluding hydrogens is 352 g/mol. The van der Waals surface area contributed by atoms with Crippen molar-refractivity contribution >= 4 is 5.91 Å². The Bertz CT molecular complexity index is 856. The van der Waals surface area contributed by atoms with E-state index in [1.54, 1.807) is 0 Å². The summed E-state index contributed by atoms with van der Waals surface area (Å²) in [5.74, 6) is 3.63. The topological polar surface area (TPSA) is 60.2 Å². The van der Waals surface area contributed by atoms with Gasteiger partial charge in [0.2, 0.25) is 5.91 Å². The Hall–Kier alpha value is -2.37. The molecule has 6 heteroatoms. The molecule has 2 aromatic rings. The molecule has 0 spiro atoms. The molecular formula is C22H30N4O2. The lowest BCUT2D eigenvalue weighted by atomic mass is 10.0. The van der Waals surface area contributed by atoms with Crippen LogP contribution in [0.15, 0.2) is 18.2 Å². The molecule has 1 aromatic carbocycles. The number of fused-ring (bicyclic) bond motifs is 1. The van der Waals surface area contributed by atoms with E-state index in [9.17, 15) is 4.79 Å². The number of rotatable bonds is 7. The van der Waals surface area contributed by atoms with Gasteiger partial charge in [-0.2, -0.15) is 5.10 Å². The first-order valence-corrected chi connectivity index (χ1v) is 10.5. The van der Waals surface area contributed by atoms with Crippen molar-refractivity contribution in [2.75, 3.05) is 13.2 Å². The Balaban J connectivity index is 1.32. The zero-order chi connectivity index (χ0) is 19.7. The first kappa shape index (κ1) is 19.0. The van der Waals surface area contributed by atoms with Gasteiger partial charge in [-0.25, -0.2) is 9.67 Å². The normalized spacial score (nSPS) is 18.8. The second kappa shape index (κ2) is 7.94. The summed E-state index contributed by atoms with van der Waals surface area (Å²) in [7, 11) is 0. The fourth-order valence-corrected chi connectivity index (χ4v) is 4.01. The van der Waals surface area contributed by atoms with Gasteiger partial charge < -0.3 is 9.64 Å². The van der Waals surface area contributed by atoms with Crippen LogP contribution < -0.4 is 4.74 Å². The number of carbonyl (C=O) groups is 1. The molecule has 6 nitrogen and oxygen atoms in total. The Morgan fingerprint density at radius 3 is 2.82 bits per heavy atom. The summed E-state index contributed by atoms with van der Waals surface area (Å²) in [6.45, 7) is 8.30. The van der Waals surface area contributed by atoms with Crippen LogP contribution in [0.25, 0.3) is 0 Å². The molecule has 0 N–H and O–H groups in total. The highest BCUT2D eigenvalue weighted by molar-refractivity contribution is 5.76. The number of ether oxygens (including phenoxy) is 1. The maximum Gasteiger partial charge on any atom is 0.223 e. The van der Waals surface area contributed by atoms with E-state index in [1.165, 1.54) is 18.4 Å². The lowest BCUT2D eigenvalue weighted by molar-refractivity contribution is -0.134. The van der Waals surface area contributed by atoms with Gasteiger partial charge in [0.1, 0.15) is 11.6 Å². The van der Waals surface area contributed by atoms with Crippen LogP contribution in [0.1, 0.15) is 74.3 Å². The van der Waals surface area contributed by atoms with Crippen LogP contribution in [0.4, 0.5) is 0 Å². The fraction of sp³-hybridized carbons (Fsp3) is 0.591. The first-order chi connectivity index (χ1) is 13.6. The van der Waals surface area contributed by atoms with E-state index < -0.39 is 0 Å². The standard InChI is InChI=1S/C22H30N4O2/c1-4-28-19-11-8-17(14-15(19)2)6-5-7-20(27)25-12-13-26-22(16(25)3)23-21(24-26)18-9-10-18/h8,11,14,16,18H,4-7,9-10,12-13H2,1-3H3/t16-/m1/s1. The second-order valence-corrected chi connectivity index (χ2v) is 7.98. The van der Waals surface area contributed by atoms with Crippen molar-refractivity contribution in [2.45, 2.75) is 71.4 Å². The van der Waals surface area contributed by atoms with Crippen molar-refractivity contribution < 1.29 is 9.53 Å². The molecule has 0 saturated heterocycles. The Labute approximate surface area is 166 Å². The number of carbonyl (C=O) groups excluding carboxylic acids is 1. The SMILES string of the molecule is CCOc1ccc(CCCC(=O)N2CCn3nc(C4CC4)nc3[C@H]2C)cc1C. The fourth-order valence-electron chi connectivity index (χ4n) is 4.01. The molecule has 1 fully saturated rings. The van der Waals surface area contributed by atoms with Crippen LogP contribution in [0.2, 0.25) is 0 Å². The minimum Gasteiger partial charge on any atom is -0.494 e. The molecule has 0 bridgehead atoms. The van der Waals surface area contributed by atoms with Crippen LogP contribution in [0.3, 0.4) is 0 Å². The molecule has 1 atom stereocenters. The molecule has 150 valence electrons. The quantitative estimate of drug-likeness (QED) is 0.731. The van der Waals surface area contributed by atoms with Crippen LogP contribution in [0.5, 0.6) is 5.75 Å². The minimum atomic E-state index is 0.00831. The summed E-state index contributed by atoms with van der Waals surface area (Å²) >= 11 is 0. The summed E-state index contributed by atoms with van der Waals surface area (Å²) in [5.41, 5.74) is 2.41. The molecule has 1 aromatic heterocycles. The van der Waals surface area contributed by atoms with Gasteiger partial charge in [0.15, 0.2) is 5.82 Å². The Morgan fingerprint density at radius 2 is 2.11 bits per heavy atom. The van der Waals surface area contributed by atoms with Crippen LogP contribution in [-0.4, -0.2) is 38.7 Å². The molecule has 1 aliphatic carbocycles. The van der Waals surface area contributed by atoms with Crippen molar-refractivity contribution in [1.82, 2.24) is 19.7 Å². The van der Waals surface area contributed by atoms with Gasteiger partial charge in [-0.1, -0.05) is 12.1 Å². The van der Waals surface area contributed by atoms with Crippen molar-refractivity contribution in [1.29, 1.82) is 0 Å². The molecule has 28 heavy (non-hydrogen) atoms. The summed E-state index contributed by atoms with van der Waals surface area (Å²) in [6.07, 6.45) is 4.73. The number of hydrogen-bond acceptors (Lipinski definition) is 4. The van der Waals surface area contributed by atoms with E-state index in [0.29, 0.717) is 18.9 Å². The van der Waals surface area contributed by atoms with Gasteiger partial charge in [-0.15, -0.1) is 0 Å². The van der Waals surface area contributed by atoms with Gasteiger partial charge in [0, 0.05) is 18.9 Å². The third-order valence-electron chi connectivity index (χ3n) is 5.77. The zero-order valence-corrected chi connectivity index (χ0v) is 17.1. The monoisotopic (exact) mass is 382 g/mol. The summed E-state index contributed by atoms with van der Waals surface area (Å²) < 4.78 is 7.61. The van der Waals surface area contributed by atoms with E-state index in [4.69, 9.17) is 9.72 Å². The average Bonchev–Trinajstić information content (AvgIpc) is 3.43. The number of hydrogen-bond donors (Lipinski definition) is 0. The van der Waals surface area contributed by atoms with E-state index in [2.05, 4.69) is 31.1 Å². The maximum absolute atomic E-state index is 12.8. The zero-order valence-electron chi connectivity index (χ0n) is 17.1. The highest BCUT2D eigenvalue weighted by Crippen LogP contribution is 2.39. The van der Waals surface area contributed by atoms with Crippen molar-refractivity contribution in [3.63, 3.8) is 0 Å². The van der Waals surface area contributed by atoms with Crippen LogP contribution >= 0.6 is 0 Å². The number of nitrogens with zero attached hydrogens (tertiary/aromatic N) is 4. The number of benzene rings is 1. The summed E-state index contributed by atoms with van der Waals surface area (Å²) in [6, 6.07) is 6.32. The van der Waals surface area contributed by atoms with E-state index in [0.717, 1.165) is 48.9 Å². The smallest absolute Gasteiger partial charge is 0.223 e. The van der Waals surface area contributed by atoms with Crippen LogP contribution in [-0.2, 0) is 17.8 Å². The third kappa shape index (κ3) is 3.91.